The van der Waals surface area contributed by atoms with Gasteiger partial charge in [-0.3, -0.25) is 9.59 Å². The predicted octanol–water partition coefficient (Wildman–Crippen LogP) is 1.43. The zero-order valence-corrected chi connectivity index (χ0v) is 15.0. The van der Waals surface area contributed by atoms with Gasteiger partial charge in [-0.1, -0.05) is 0 Å². The summed E-state index contributed by atoms with van der Waals surface area (Å²) in [5.41, 5.74) is 0.898. The fourth-order valence-electron chi connectivity index (χ4n) is 2.88. The minimum Gasteiger partial charge on any atom is -0.493 e. The average molecular weight is 350 g/mol. The zero-order valence-electron chi connectivity index (χ0n) is 15.0. The number of benzene rings is 1. The fraction of sp³-hybridized carbons (Fsp3) is 0.556. The highest BCUT2D eigenvalue weighted by molar-refractivity contribution is 5.87. The van der Waals surface area contributed by atoms with Gasteiger partial charge in [0.2, 0.25) is 17.6 Å². The zero-order chi connectivity index (χ0) is 18.2. The van der Waals surface area contributed by atoms with Gasteiger partial charge in [0.15, 0.2) is 11.5 Å². The van der Waals surface area contributed by atoms with Crippen LogP contribution in [0, 0.1) is 0 Å². The van der Waals surface area contributed by atoms with Gasteiger partial charge in [0.05, 0.1) is 21.3 Å². The van der Waals surface area contributed by atoms with E-state index in [1.54, 1.807) is 21.3 Å². The van der Waals surface area contributed by atoms with E-state index in [2.05, 4.69) is 10.6 Å². The second-order valence-electron chi connectivity index (χ2n) is 5.94. The first-order chi connectivity index (χ1) is 12.1. The molecular weight excluding hydrogens is 324 g/mol. The van der Waals surface area contributed by atoms with Crippen molar-refractivity contribution in [1.82, 2.24) is 10.6 Å². The fourth-order valence-corrected chi connectivity index (χ4v) is 2.88. The molecule has 7 heteroatoms. The highest BCUT2D eigenvalue weighted by Crippen LogP contribution is 2.38. The molecule has 1 fully saturated rings. The van der Waals surface area contributed by atoms with Crippen LogP contribution in [0.5, 0.6) is 17.2 Å². The molecule has 1 saturated heterocycles. The van der Waals surface area contributed by atoms with E-state index < -0.39 is 6.04 Å². The Hall–Kier alpha value is -2.44. The van der Waals surface area contributed by atoms with Gasteiger partial charge in [-0.15, -0.1) is 0 Å². The highest BCUT2D eigenvalue weighted by Gasteiger charge is 2.22. The Labute approximate surface area is 148 Å². The quantitative estimate of drug-likeness (QED) is 0.777. The average Bonchev–Trinajstić information content (AvgIpc) is 2.83. The van der Waals surface area contributed by atoms with Crippen LogP contribution in [-0.4, -0.2) is 45.7 Å². The number of rotatable bonds is 7. The summed E-state index contributed by atoms with van der Waals surface area (Å²) in [6, 6.07) is 3.22. The Bertz CT molecular complexity index is 592. The number of nitrogens with one attached hydrogen (secondary N) is 2. The van der Waals surface area contributed by atoms with E-state index >= 15 is 0 Å². The van der Waals surface area contributed by atoms with Crippen LogP contribution in [0.1, 0.15) is 31.2 Å². The molecule has 1 aromatic rings. The lowest BCUT2D eigenvalue weighted by molar-refractivity contribution is -0.128. The van der Waals surface area contributed by atoms with Gasteiger partial charge in [0.25, 0.3) is 0 Å². The van der Waals surface area contributed by atoms with Gasteiger partial charge in [0.1, 0.15) is 6.04 Å². The van der Waals surface area contributed by atoms with Crippen LogP contribution < -0.4 is 24.8 Å². The van der Waals surface area contributed by atoms with E-state index in [0.29, 0.717) is 36.6 Å². The SMILES string of the molecule is COc1cc(CCC(=O)NC2CCCCNC2=O)cc(OC)c1OC. The van der Waals surface area contributed by atoms with Crippen LogP contribution >= 0.6 is 0 Å². The summed E-state index contributed by atoms with van der Waals surface area (Å²) >= 11 is 0. The molecule has 138 valence electrons. The van der Waals surface area contributed by atoms with Crippen molar-refractivity contribution in [3.63, 3.8) is 0 Å². The van der Waals surface area contributed by atoms with Crippen molar-refractivity contribution in [2.24, 2.45) is 0 Å². The molecule has 0 spiro atoms. The third kappa shape index (κ3) is 5.01. The van der Waals surface area contributed by atoms with Crippen molar-refractivity contribution in [2.75, 3.05) is 27.9 Å². The first kappa shape index (κ1) is 18.9. The van der Waals surface area contributed by atoms with Gasteiger partial charge in [-0.05, 0) is 43.4 Å². The molecule has 0 radical (unpaired) electrons. The van der Waals surface area contributed by atoms with Crippen LogP contribution in [-0.2, 0) is 16.0 Å². The number of methoxy groups -OCH3 is 3. The number of carbonyl (C=O) groups is 2. The summed E-state index contributed by atoms with van der Waals surface area (Å²) in [7, 11) is 4.65. The molecule has 1 aliphatic rings. The van der Waals surface area contributed by atoms with E-state index in [0.717, 1.165) is 18.4 Å². The van der Waals surface area contributed by atoms with Crippen molar-refractivity contribution in [3.8, 4) is 17.2 Å². The van der Waals surface area contributed by atoms with E-state index in [1.165, 1.54) is 0 Å². The summed E-state index contributed by atoms with van der Waals surface area (Å²) in [6.07, 6.45) is 3.35. The largest absolute Gasteiger partial charge is 0.493 e. The third-order valence-corrected chi connectivity index (χ3v) is 4.24. The van der Waals surface area contributed by atoms with Gasteiger partial charge < -0.3 is 24.8 Å². The molecule has 1 aromatic carbocycles. The molecule has 0 saturated carbocycles. The van der Waals surface area contributed by atoms with Gasteiger partial charge in [-0.25, -0.2) is 0 Å². The Balaban J connectivity index is 1.98. The molecule has 0 aromatic heterocycles. The van der Waals surface area contributed by atoms with Crippen molar-refractivity contribution in [1.29, 1.82) is 0 Å². The summed E-state index contributed by atoms with van der Waals surface area (Å²) in [4.78, 5) is 24.1. The summed E-state index contributed by atoms with van der Waals surface area (Å²) < 4.78 is 15.9. The van der Waals surface area contributed by atoms with Crippen LogP contribution in [0.3, 0.4) is 0 Å². The molecule has 25 heavy (non-hydrogen) atoms. The Morgan fingerprint density at radius 3 is 2.44 bits per heavy atom. The summed E-state index contributed by atoms with van der Waals surface area (Å²) in [5, 5.41) is 5.64. The molecule has 7 nitrogen and oxygen atoms in total. The minimum atomic E-state index is -0.435. The Morgan fingerprint density at radius 1 is 1.16 bits per heavy atom. The number of carbonyl (C=O) groups excluding carboxylic acids is 2. The lowest BCUT2D eigenvalue weighted by Crippen LogP contribution is -2.45. The van der Waals surface area contributed by atoms with E-state index in [-0.39, 0.29) is 18.2 Å². The van der Waals surface area contributed by atoms with E-state index in [4.69, 9.17) is 14.2 Å². The van der Waals surface area contributed by atoms with E-state index in [9.17, 15) is 9.59 Å². The van der Waals surface area contributed by atoms with E-state index in [1.807, 2.05) is 12.1 Å². The van der Waals surface area contributed by atoms with Crippen molar-refractivity contribution in [3.05, 3.63) is 17.7 Å². The van der Waals surface area contributed by atoms with Crippen molar-refractivity contribution >= 4 is 11.8 Å². The molecule has 1 heterocycles. The van der Waals surface area contributed by atoms with Crippen LogP contribution in [0.25, 0.3) is 0 Å². The third-order valence-electron chi connectivity index (χ3n) is 4.24. The molecule has 2 N–H and O–H groups in total. The van der Waals surface area contributed by atoms with Crippen LogP contribution in [0.15, 0.2) is 12.1 Å². The predicted molar refractivity (Wildman–Crippen MR) is 93.2 cm³/mol. The number of amides is 2. The maximum absolute atomic E-state index is 12.2. The summed E-state index contributed by atoms with van der Waals surface area (Å²) in [6.45, 7) is 0.677. The normalized spacial score (nSPS) is 17.2. The second kappa shape index (κ2) is 9.15. The maximum Gasteiger partial charge on any atom is 0.242 e. The van der Waals surface area contributed by atoms with Crippen molar-refractivity contribution in [2.45, 2.75) is 38.1 Å². The highest BCUT2D eigenvalue weighted by atomic mass is 16.5. The Morgan fingerprint density at radius 2 is 1.84 bits per heavy atom. The molecule has 1 atom stereocenters. The van der Waals surface area contributed by atoms with Crippen molar-refractivity contribution < 1.29 is 23.8 Å². The molecule has 2 amide bonds. The first-order valence-corrected chi connectivity index (χ1v) is 8.45. The molecule has 2 rings (SSSR count). The molecule has 0 aliphatic carbocycles. The first-order valence-electron chi connectivity index (χ1n) is 8.45. The van der Waals surface area contributed by atoms with Crippen LogP contribution in [0.4, 0.5) is 0 Å². The molecule has 1 unspecified atom stereocenters. The number of aryl methyl sites for hydroxylation is 1. The summed E-state index contributed by atoms with van der Waals surface area (Å²) in [5.74, 6) is 1.39. The Kier molecular flexibility index (Phi) is 6.91. The minimum absolute atomic E-state index is 0.0985. The molecule has 1 aliphatic heterocycles. The lowest BCUT2D eigenvalue weighted by Gasteiger charge is -2.16. The van der Waals surface area contributed by atoms with Gasteiger partial charge in [0, 0.05) is 13.0 Å². The van der Waals surface area contributed by atoms with Gasteiger partial charge >= 0.3 is 0 Å². The number of hydrogen-bond donors (Lipinski definition) is 2. The smallest absolute Gasteiger partial charge is 0.242 e. The second-order valence-corrected chi connectivity index (χ2v) is 5.94. The maximum atomic E-state index is 12.2. The topological polar surface area (TPSA) is 85.9 Å². The number of ether oxygens (including phenoxy) is 3. The standard InChI is InChI=1S/C18H26N2O5/c1-23-14-10-12(11-15(24-2)17(14)25-3)7-8-16(21)20-13-6-4-5-9-19-18(13)22/h10-11,13H,4-9H2,1-3H3,(H,19,22)(H,20,21). The monoisotopic (exact) mass is 350 g/mol. The van der Waals surface area contributed by atoms with Crippen LogP contribution in [0.2, 0.25) is 0 Å². The number of hydrogen-bond acceptors (Lipinski definition) is 5. The molecule has 0 bridgehead atoms. The molecular formula is C18H26N2O5. The lowest BCUT2D eigenvalue weighted by atomic mass is 10.1. The van der Waals surface area contributed by atoms with Gasteiger partial charge in [-0.2, -0.15) is 0 Å².